The fourth-order valence-electron chi connectivity index (χ4n) is 2.28. The lowest BCUT2D eigenvalue weighted by Gasteiger charge is -2.13. The Balaban J connectivity index is 2.36. The van der Waals surface area contributed by atoms with Crippen LogP contribution in [0.25, 0.3) is 0 Å². The van der Waals surface area contributed by atoms with Crippen LogP contribution in [0, 0.1) is 0 Å². The maximum Gasteiger partial charge on any atom is 0.341 e. The van der Waals surface area contributed by atoms with E-state index in [4.69, 9.17) is 4.74 Å². The minimum absolute atomic E-state index is 0.228. The minimum atomic E-state index is -0.332. The Kier molecular flexibility index (Phi) is 4.65. The third kappa shape index (κ3) is 2.95. The number of hydrogen-bond donors (Lipinski definition) is 1. The Morgan fingerprint density at radius 1 is 1.30 bits per heavy atom. The van der Waals surface area contributed by atoms with Crippen LogP contribution in [0.2, 0.25) is 0 Å². The maximum absolute atomic E-state index is 12.2. The summed E-state index contributed by atoms with van der Waals surface area (Å²) < 4.78 is 5.14. The molecule has 1 N–H and O–H groups in total. The molecule has 0 saturated heterocycles. The summed E-state index contributed by atoms with van der Waals surface area (Å²) >= 11 is 1.50. The van der Waals surface area contributed by atoms with Crippen molar-refractivity contribution in [1.29, 1.82) is 0 Å². The van der Waals surface area contributed by atoms with Crippen molar-refractivity contribution in [3.63, 3.8) is 0 Å². The first kappa shape index (κ1) is 14.8. The molecule has 1 aliphatic rings. The van der Waals surface area contributed by atoms with Crippen LogP contribution >= 0.6 is 11.3 Å². The molecule has 2 rings (SSSR count). The van der Waals surface area contributed by atoms with Gasteiger partial charge in [-0.1, -0.05) is 0 Å². The zero-order valence-electron chi connectivity index (χ0n) is 12.1. The molecule has 0 saturated carbocycles. The number of carbonyl (C=O) groups excluding carboxylic acids is 2. The van der Waals surface area contributed by atoms with Gasteiger partial charge < -0.3 is 9.64 Å². The van der Waals surface area contributed by atoms with E-state index < -0.39 is 0 Å². The number of anilines is 1. The number of nitrogens with one attached hydrogen (secondary N) is 1. The van der Waals surface area contributed by atoms with E-state index in [1.807, 2.05) is 0 Å². The van der Waals surface area contributed by atoms with Crippen molar-refractivity contribution in [2.24, 2.45) is 0 Å². The molecule has 0 aliphatic heterocycles. The van der Waals surface area contributed by atoms with Crippen LogP contribution < -0.4 is 5.32 Å². The molecule has 1 aromatic heterocycles. The van der Waals surface area contributed by atoms with E-state index in [-0.39, 0.29) is 12.0 Å². The molecule has 0 radical (unpaired) electrons. The monoisotopic (exact) mass is 296 g/mol. The van der Waals surface area contributed by atoms with E-state index in [2.05, 4.69) is 5.32 Å². The van der Waals surface area contributed by atoms with E-state index >= 15 is 0 Å². The second-order valence-electron chi connectivity index (χ2n) is 4.96. The number of rotatable bonds is 3. The summed E-state index contributed by atoms with van der Waals surface area (Å²) in [6.45, 7) is 2.12. The molecule has 1 aromatic rings. The van der Waals surface area contributed by atoms with Crippen molar-refractivity contribution in [2.45, 2.75) is 32.6 Å². The summed E-state index contributed by atoms with van der Waals surface area (Å²) in [6, 6.07) is -0.228. The van der Waals surface area contributed by atoms with Gasteiger partial charge in [0.1, 0.15) is 5.00 Å². The van der Waals surface area contributed by atoms with Gasteiger partial charge in [0.05, 0.1) is 12.2 Å². The summed E-state index contributed by atoms with van der Waals surface area (Å²) in [6.07, 6.45) is 4.08. The Hall–Kier alpha value is -1.56. The Bertz CT molecular complexity index is 523. The highest BCUT2D eigenvalue weighted by Crippen LogP contribution is 2.38. The van der Waals surface area contributed by atoms with Gasteiger partial charge >= 0.3 is 12.0 Å². The van der Waals surface area contributed by atoms with Crippen molar-refractivity contribution >= 4 is 28.3 Å². The van der Waals surface area contributed by atoms with Crippen LogP contribution in [0.15, 0.2) is 0 Å². The number of urea groups is 1. The van der Waals surface area contributed by atoms with Crippen molar-refractivity contribution in [2.75, 3.05) is 26.0 Å². The molecule has 0 spiro atoms. The van der Waals surface area contributed by atoms with E-state index in [1.54, 1.807) is 21.0 Å². The van der Waals surface area contributed by atoms with E-state index in [1.165, 1.54) is 21.1 Å². The van der Waals surface area contributed by atoms with Crippen molar-refractivity contribution in [3.05, 3.63) is 16.0 Å². The number of hydrogen-bond acceptors (Lipinski definition) is 4. The number of amides is 2. The lowest BCUT2D eigenvalue weighted by Crippen LogP contribution is -2.27. The first-order chi connectivity index (χ1) is 9.54. The highest BCUT2D eigenvalue weighted by molar-refractivity contribution is 7.17. The maximum atomic E-state index is 12.2. The predicted octanol–water partition coefficient (Wildman–Crippen LogP) is 2.90. The summed E-state index contributed by atoms with van der Waals surface area (Å²) in [7, 11) is 3.35. The first-order valence-electron chi connectivity index (χ1n) is 6.84. The van der Waals surface area contributed by atoms with Crippen LogP contribution in [0.1, 0.15) is 40.6 Å². The number of carbonyl (C=O) groups is 2. The molecule has 0 aromatic carbocycles. The second-order valence-corrected chi connectivity index (χ2v) is 6.07. The quantitative estimate of drug-likeness (QED) is 0.873. The zero-order valence-corrected chi connectivity index (χ0v) is 12.9. The van der Waals surface area contributed by atoms with Crippen LogP contribution in [-0.2, 0) is 17.6 Å². The van der Waals surface area contributed by atoms with Gasteiger partial charge in [0.25, 0.3) is 0 Å². The molecule has 1 heterocycles. The summed E-state index contributed by atoms with van der Waals surface area (Å²) in [5, 5.41) is 3.43. The number of aryl methyl sites for hydroxylation is 1. The van der Waals surface area contributed by atoms with Crippen LogP contribution in [-0.4, -0.2) is 37.6 Å². The lowest BCUT2D eigenvalue weighted by molar-refractivity contribution is 0.0526. The molecule has 0 fully saturated rings. The van der Waals surface area contributed by atoms with Gasteiger partial charge in [-0.05, 0) is 38.2 Å². The van der Waals surface area contributed by atoms with Crippen molar-refractivity contribution < 1.29 is 14.3 Å². The summed E-state index contributed by atoms with van der Waals surface area (Å²) in [5.41, 5.74) is 1.62. The van der Waals surface area contributed by atoms with Crippen LogP contribution in [0.3, 0.4) is 0 Å². The number of fused-ring (bicyclic) bond motifs is 1. The van der Waals surface area contributed by atoms with E-state index in [0.717, 1.165) is 31.2 Å². The largest absolute Gasteiger partial charge is 0.462 e. The lowest BCUT2D eigenvalue weighted by atomic mass is 9.95. The van der Waals surface area contributed by atoms with E-state index in [0.29, 0.717) is 17.2 Å². The smallest absolute Gasteiger partial charge is 0.341 e. The molecule has 0 unspecified atom stereocenters. The molecule has 20 heavy (non-hydrogen) atoms. The third-order valence-corrected chi connectivity index (χ3v) is 4.48. The molecule has 110 valence electrons. The number of nitrogens with zero attached hydrogens (tertiary/aromatic N) is 1. The Morgan fingerprint density at radius 2 is 2.00 bits per heavy atom. The van der Waals surface area contributed by atoms with Gasteiger partial charge in [-0.15, -0.1) is 11.3 Å². The molecule has 2 amide bonds. The second kappa shape index (κ2) is 6.26. The normalized spacial score (nSPS) is 13.6. The third-order valence-electron chi connectivity index (χ3n) is 3.28. The fraction of sp³-hybridized carbons (Fsp3) is 0.571. The number of ether oxygens (including phenoxy) is 1. The van der Waals surface area contributed by atoms with Crippen LogP contribution in [0.4, 0.5) is 9.80 Å². The molecule has 0 bridgehead atoms. The Morgan fingerprint density at radius 3 is 2.65 bits per heavy atom. The van der Waals surface area contributed by atoms with Crippen molar-refractivity contribution in [3.8, 4) is 0 Å². The first-order valence-corrected chi connectivity index (χ1v) is 7.66. The fourth-order valence-corrected chi connectivity index (χ4v) is 3.55. The molecular weight excluding hydrogens is 276 g/mol. The molecule has 1 aliphatic carbocycles. The minimum Gasteiger partial charge on any atom is -0.462 e. The topological polar surface area (TPSA) is 58.6 Å². The predicted molar refractivity (Wildman–Crippen MR) is 79.6 cm³/mol. The molecule has 6 heteroatoms. The van der Waals surface area contributed by atoms with Crippen molar-refractivity contribution in [1.82, 2.24) is 4.90 Å². The van der Waals surface area contributed by atoms with Gasteiger partial charge in [-0.2, -0.15) is 0 Å². The van der Waals surface area contributed by atoms with Gasteiger partial charge in [0.2, 0.25) is 0 Å². The SMILES string of the molecule is CCOC(=O)c1c(NC(=O)N(C)C)sc2c1CCCC2. The highest BCUT2D eigenvalue weighted by Gasteiger charge is 2.27. The molecular formula is C14H20N2O3S. The highest BCUT2D eigenvalue weighted by atomic mass is 32.1. The molecule has 5 nitrogen and oxygen atoms in total. The Labute approximate surface area is 122 Å². The van der Waals surface area contributed by atoms with Crippen LogP contribution in [0.5, 0.6) is 0 Å². The average Bonchev–Trinajstić information content (AvgIpc) is 2.76. The molecule has 0 atom stereocenters. The average molecular weight is 296 g/mol. The van der Waals surface area contributed by atoms with Gasteiger partial charge in [-0.25, -0.2) is 9.59 Å². The zero-order chi connectivity index (χ0) is 14.7. The standard InChI is InChI=1S/C14H20N2O3S/c1-4-19-13(17)11-9-7-5-6-8-10(9)20-12(11)15-14(18)16(2)3/h4-8H2,1-3H3,(H,15,18). The number of esters is 1. The van der Waals surface area contributed by atoms with Gasteiger partial charge in [-0.3, -0.25) is 5.32 Å². The van der Waals surface area contributed by atoms with Gasteiger partial charge in [0.15, 0.2) is 0 Å². The summed E-state index contributed by atoms with van der Waals surface area (Å²) in [4.78, 5) is 26.7. The summed E-state index contributed by atoms with van der Waals surface area (Å²) in [5.74, 6) is -0.332. The number of thiophene rings is 1. The van der Waals surface area contributed by atoms with E-state index in [9.17, 15) is 9.59 Å². The van der Waals surface area contributed by atoms with Gasteiger partial charge in [0, 0.05) is 19.0 Å².